The lowest BCUT2D eigenvalue weighted by atomic mass is 10.1. The van der Waals surface area contributed by atoms with Crippen molar-refractivity contribution < 1.29 is 14.3 Å². The van der Waals surface area contributed by atoms with Gasteiger partial charge in [0.1, 0.15) is 12.4 Å². The van der Waals surface area contributed by atoms with E-state index in [1.807, 2.05) is 62.4 Å². The van der Waals surface area contributed by atoms with Crippen molar-refractivity contribution >= 4 is 44.9 Å². The van der Waals surface area contributed by atoms with Crippen LogP contribution >= 0.6 is 27.7 Å². The van der Waals surface area contributed by atoms with Gasteiger partial charge in [-0.3, -0.25) is 14.5 Å². The molecule has 1 aliphatic rings. The minimum Gasteiger partial charge on any atom is -0.488 e. The first-order chi connectivity index (χ1) is 13.0. The number of thioether (sulfide) groups is 1. The maximum absolute atomic E-state index is 12.6. The Labute approximate surface area is 171 Å². The Morgan fingerprint density at radius 2 is 1.85 bits per heavy atom. The largest absolute Gasteiger partial charge is 0.488 e. The molecular formula is C21H20BrNO3S. The van der Waals surface area contributed by atoms with Crippen LogP contribution in [0.5, 0.6) is 5.75 Å². The number of halogens is 1. The van der Waals surface area contributed by atoms with Gasteiger partial charge in [-0.05, 0) is 54.9 Å². The van der Waals surface area contributed by atoms with Crippen LogP contribution in [-0.2, 0) is 11.4 Å². The van der Waals surface area contributed by atoms with E-state index >= 15 is 0 Å². The molecule has 0 saturated carbocycles. The third kappa shape index (κ3) is 4.62. The van der Waals surface area contributed by atoms with E-state index in [-0.39, 0.29) is 17.2 Å². The number of hydrogen-bond donors (Lipinski definition) is 0. The molecule has 0 bridgehead atoms. The van der Waals surface area contributed by atoms with Crippen molar-refractivity contribution in [2.24, 2.45) is 0 Å². The second-order valence-electron chi connectivity index (χ2n) is 6.26. The monoisotopic (exact) mass is 445 g/mol. The highest BCUT2D eigenvalue weighted by molar-refractivity contribution is 9.10. The fourth-order valence-corrected chi connectivity index (χ4v) is 3.84. The van der Waals surface area contributed by atoms with E-state index in [2.05, 4.69) is 15.9 Å². The maximum Gasteiger partial charge on any atom is 0.293 e. The predicted octanol–water partition coefficient (Wildman–Crippen LogP) is 5.86. The molecule has 1 fully saturated rings. The van der Waals surface area contributed by atoms with Crippen LogP contribution in [0, 0.1) is 0 Å². The number of nitrogens with zero attached hydrogens (tertiary/aromatic N) is 1. The summed E-state index contributed by atoms with van der Waals surface area (Å²) in [5, 5.41) is -0.214. The van der Waals surface area contributed by atoms with Crippen LogP contribution in [0.4, 0.5) is 4.79 Å². The minimum absolute atomic E-state index is 0.104. The zero-order valence-corrected chi connectivity index (χ0v) is 17.5. The quantitative estimate of drug-likeness (QED) is 0.522. The van der Waals surface area contributed by atoms with Crippen LogP contribution in [0.1, 0.15) is 31.4 Å². The summed E-state index contributed by atoms with van der Waals surface area (Å²) >= 11 is 4.40. The smallest absolute Gasteiger partial charge is 0.293 e. The number of benzene rings is 2. The number of para-hydroxylation sites is 1. The number of ether oxygens (including phenoxy) is 1. The molecule has 1 saturated heterocycles. The van der Waals surface area contributed by atoms with Crippen molar-refractivity contribution in [2.45, 2.75) is 32.9 Å². The molecule has 140 valence electrons. The number of imide groups is 1. The number of carbonyl (C=O) groups excluding carboxylic acids is 2. The molecule has 2 amide bonds. The highest BCUT2D eigenvalue weighted by Gasteiger charge is 2.37. The zero-order valence-electron chi connectivity index (χ0n) is 15.1. The predicted molar refractivity (Wildman–Crippen MR) is 112 cm³/mol. The molecule has 0 aliphatic carbocycles. The van der Waals surface area contributed by atoms with Crippen LogP contribution in [0.15, 0.2) is 57.9 Å². The highest BCUT2D eigenvalue weighted by Crippen LogP contribution is 2.35. The lowest BCUT2D eigenvalue weighted by Gasteiger charge is -2.19. The fraction of sp³-hybridized carbons (Fsp3) is 0.238. The Kier molecular flexibility index (Phi) is 6.39. The van der Waals surface area contributed by atoms with Gasteiger partial charge in [0.15, 0.2) is 0 Å². The van der Waals surface area contributed by atoms with Gasteiger partial charge >= 0.3 is 0 Å². The minimum atomic E-state index is -0.234. The van der Waals surface area contributed by atoms with Crippen molar-refractivity contribution in [3.63, 3.8) is 0 Å². The third-order valence-corrected chi connectivity index (χ3v) is 5.78. The Balaban J connectivity index is 1.79. The average molecular weight is 446 g/mol. The van der Waals surface area contributed by atoms with Crippen LogP contribution in [0.25, 0.3) is 6.08 Å². The molecule has 0 spiro atoms. The third-order valence-electron chi connectivity index (χ3n) is 4.37. The fourth-order valence-electron chi connectivity index (χ4n) is 2.66. The van der Waals surface area contributed by atoms with Crippen molar-refractivity contribution in [1.29, 1.82) is 0 Å². The molecule has 2 aromatic rings. The van der Waals surface area contributed by atoms with Gasteiger partial charge in [0.25, 0.3) is 11.1 Å². The molecule has 6 heteroatoms. The zero-order chi connectivity index (χ0) is 19.4. The maximum atomic E-state index is 12.6. The van der Waals surface area contributed by atoms with Crippen molar-refractivity contribution in [2.75, 3.05) is 0 Å². The first kappa shape index (κ1) is 19.7. The van der Waals surface area contributed by atoms with Crippen molar-refractivity contribution in [1.82, 2.24) is 4.90 Å². The van der Waals surface area contributed by atoms with Gasteiger partial charge in [0.05, 0.1) is 4.91 Å². The molecule has 3 rings (SSSR count). The molecule has 1 atom stereocenters. The molecular weight excluding hydrogens is 426 g/mol. The summed E-state index contributed by atoms with van der Waals surface area (Å²) in [5.74, 6) is 0.442. The summed E-state index contributed by atoms with van der Waals surface area (Å²) in [4.78, 5) is 26.6. The van der Waals surface area contributed by atoms with Crippen LogP contribution in [0.3, 0.4) is 0 Å². The van der Waals surface area contributed by atoms with Gasteiger partial charge in [-0.1, -0.05) is 53.2 Å². The second kappa shape index (κ2) is 8.76. The van der Waals surface area contributed by atoms with E-state index in [4.69, 9.17) is 4.74 Å². The molecule has 0 unspecified atom stereocenters. The van der Waals surface area contributed by atoms with E-state index in [0.29, 0.717) is 17.3 Å². The van der Waals surface area contributed by atoms with Gasteiger partial charge < -0.3 is 4.74 Å². The second-order valence-corrected chi connectivity index (χ2v) is 8.17. The average Bonchev–Trinajstić information content (AvgIpc) is 2.95. The summed E-state index contributed by atoms with van der Waals surface area (Å²) in [6.07, 6.45) is 2.47. The van der Waals surface area contributed by atoms with Crippen LogP contribution < -0.4 is 4.74 Å². The van der Waals surface area contributed by atoms with Gasteiger partial charge in [0, 0.05) is 16.1 Å². The van der Waals surface area contributed by atoms with Crippen LogP contribution in [0.2, 0.25) is 0 Å². The first-order valence-corrected chi connectivity index (χ1v) is 10.3. The molecule has 0 N–H and O–H groups in total. The summed E-state index contributed by atoms with van der Waals surface area (Å²) in [6, 6.07) is 15.3. The molecule has 2 aromatic carbocycles. The molecule has 1 aliphatic heterocycles. The summed E-state index contributed by atoms with van der Waals surface area (Å²) in [6.45, 7) is 4.27. The van der Waals surface area contributed by atoms with Crippen molar-refractivity contribution in [3.05, 3.63) is 69.0 Å². The molecule has 27 heavy (non-hydrogen) atoms. The first-order valence-electron chi connectivity index (χ1n) is 8.73. The van der Waals surface area contributed by atoms with E-state index in [9.17, 15) is 9.59 Å². The molecule has 0 radical (unpaired) electrons. The highest BCUT2D eigenvalue weighted by atomic mass is 79.9. The van der Waals surface area contributed by atoms with Gasteiger partial charge in [-0.25, -0.2) is 0 Å². The number of carbonyl (C=O) groups is 2. The number of rotatable bonds is 6. The lowest BCUT2D eigenvalue weighted by Crippen LogP contribution is -2.36. The Bertz CT molecular complexity index is 879. The van der Waals surface area contributed by atoms with E-state index in [1.165, 1.54) is 4.90 Å². The molecule has 4 nitrogen and oxygen atoms in total. The van der Waals surface area contributed by atoms with Gasteiger partial charge in [-0.2, -0.15) is 0 Å². The summed E-state index contributed by atoms with van der Waals surface area (Å²) in [7, 11) is 0. The summed E-state index contributed by atoms with van der Waals surface area (Å²) in [5.41, 5.74) is 1.83. The van der Waals surface area contributed by atoms with Gasteiger partial charge in [0.2, 0.25) is 0 Å². The molecule has 0 aromatic heterocycles. The SMILES string of the molecule is CC[C@H](C)N1C(=O)S/C(=C/c2ccccc2OCc2ccc(Br)cc2)C1=O. The number of amides is 2. The van der Waals surface area contributed by atoms with Crippen molar-refractivity contribution in [3.8, 4) is 5.75 Å². The Morgan fingerprint density at radius 1 is 1.15 bits per heavy atom. The van der Waals surface area contributed by atoms with E-state index in [1.54, 1.807) is 6.08 Å². The summed E-state index contributed by atoms with van der Waals surface area (Å²) < 4.78 is 6.97. The number of hydrogen-bond acceptors (Lipinski definition) is 4. The lowest BCUT2D eigenvalue weighted by molar-refractivity contribution is -0.124. The normalized spacial score (nSPS) is 16.9. The van der Waals surface area contributed by atoms with E-state index < -0.39 is 0 Å². The van der Waals surface area contributed by atoms with E-state index in [0.717, 1.165) is 33.8 Å². The topological polar surface area (TPSA) is 46.6 Å². The molecule has 1 heterocycles. The standard InChI is InChI=1S/C21H20BrNO3S/c1-3-14(2)23-20(24)19(27-21(23)25)12-16-6-4-5-7-18(16)26-13-15-8-10-17(22)11-9-15/h4-12,14H,3,13H2,1-2H3/b19-12+/t14-/m0/s1. The van der Waals surface area contributed by atoms with Crippen LogP contribution in [-0.4, -0.2) is 22.1 Å². The Hall–Kier alpha value is -2.05. The Morgan fingerprint density at radius 3 is 2.56 bits per heavy atom. The van der Waals surface area contributed by atoms with Gasteiger partial charge in [-0.15, -0.1) is 0 Å².